The van der Waals surface area contributed by atoms with Crippen molar-refractivity contribution >= 4 is 10.4 Å². The summed E-state index contributed by atoms with van der Waals surface area (Å²) in [7, 11) is -5.17. The van der Waals surface area contributed by atoms with E-state index in [2.05, 4.69) is 13.8 Å². The Hall–Kier alpha value is -0.170. The third-order valence-electron chi connectivity index (χ3n) is 3.91. The number of hydrogen-bond donors (Lipinski definition) is 1. The lowest BCUT2D eigenvalue weighted by Crippen LogP contribution is -1.94. The average molecular weight is 353 g/mol. The van der Waals surface area contributed by atoms with Crippen LogP contribution in [-0.4, -0.2) is 29.2 Å². The molecule has 0 saturated carbocycles. The van der Waals surface area contributed by atoms with Gasteiger partial charge >= 0.3 is 0 Å². The number of rotatable bonds is 14. The fraction of sp³-hybridized carbons (Fsp3) is 1.00. The van der Waals surface area contributed by atoms with Gasteiger partial charge in [-0.3, -0.25) is 8.42 Å². The molecule has 0 aromatic heterocycles. The molecule has 5 nitrogen and oxygen atoms in total. The van der Waals surface area contributed by atoms with Gasteiger partial charge in [0.25, 0.3) is 0 Å². The molecule has 0 rings (SSSR count). The zero-order valence-corrected chi connectivity index (χ0v) is 15.8. The van der Waals surface area contributed by atoms with E-state index >= 15 is 0 Å². The maximum Gasteiger partial charge on any atom is 0.0431 e. The van der Waals surface area contributed by atoms with Crippen molar-refractivity contribution < 1.29 is 22.6 Å². The largest absolute Gasteiger partial charge is 0.759 e. The van der Waals surface area contributed by atoms with Crippen molar-refractivity contribution in [3.8, 4) is 0 Å². The van der Waals surface area contributed by atoms with Crippen molar-refractivity contribution in [2.75, 3.05) is 6.61 Å². The summed E-state index contributed by atoms with van der Waals surface area (Å²) in [6.45, 7) is 5.08. The van der Waals surface area contributed by atoms with Crippen LogP contribution < -0.4 is 0 Å². The number of aliphatic hydroxyl groups is 1. The van der Waals surface area contributed by atoms with Crippen molar-refractivity contribution in [3.05, 3.63) is 0 Å². The molecule has 0 heterocycles. The van der Waals surface area contributed by atoms with Crippen molar-refractivity contribution in [2.24, 2.45) is 5.92 Å². The Balaban J connectivity index is 0. The molecule has 0 amide bonds. The van der Waals surface area contributed by atoms with Gasteiger partial charge in [0.2, 0.25) is 0 Å². The smallest absolute Gasteiger partial charge is 0.0431 e. The SMILES string of the molecule is CCCCCC(C)CCCCCCCCCCO.O=S(=O)([O-])[O-]. The molecule has 0 aromatic carbocycles. The maximum absolute atomic E-state index is 8.67. The van der Waals surface area contributed by atoms with E-state index in [1.54, 1.807) is 0 Å². The molecule has 1 N–H and O–H groups in total. The summed E-state index contributed by atoms with van der Waals surface area (Å²) >= 11 is 0. The highest BCUT2D eigenvalue weighted by molar-refractivity contribution is 7.79. The van der Waals surface area contributed by atoms with Crippen LogP contribution in [0.15, 0.2) is 0 Å². The maximum atomic E-state index is 8.67. The van der Waals surface area contributed by atoms with Gasteiger partial charge in [-0.1, -0.05) is 90.9 Å². The molecule has 0 radical (unpaired) electrons. The molecule has 0 bridgehead atoms. The zero-order valence-electron chi connectivity index (χ0n) is 15.0. The minimum Gasteiger partial charge on any atom is -0.759 e. The Morgan fingerprint density at radius 2 is 1.13 bits per heavy atom. The molecule has 0 aromatic rings. The van der Waals surface area contributed by atoms with Gasteiger partial charge in [-0.2, -0.15) is 0 Å². The molecule has 0 fully saturated rings. The van der Waals surface area contributed by atoms with Gasteiger partial charge in [0.15, 0.2) is 0 Å². The predicted octanol–water partition coefficient (Wildman–Crippen LogP) is 4.37. The lowest BCUT2D eigenvalue weighted by atomic mass is 9.96. The first kappa shape index (κ1) is 25.1. The first-order chi connectivity index (χ1) is 10.8. The van der Waals surface area contributed by atoms with Gasteiger partial charge < -0.3 is 14.2 Å². The predicted molar refractivity (Wildman–Crippen MR) is 92.4 cm³/mol. The third kappa shape index (κ3) is 34.3. The highest BCUT2D eigenvalue weighted by atomic mass is 32.3. The molecular weight excluding hydrogens is 316 g/mol. The molecule has 0 aliphatic heterocycles. The van der Waals surface area contributed by atoms with E-state index in [-0.39, 0.29) is 0 Å². The van der Waals surface area contributed by atoms with Crippen LogP contribution in [0.4, 0.5) is 0 Å². The molecule has 0 aliphatic rings. The monoisotopic (exact) mass is 352 g/mol. The van der Waals surface area contributed by atoms with E-state index in [4.69, 9.17) is 22.6 Å². The lowest BCUT2D eigenvalue weighted by molar-refractivity contribution is 0.282. The van der Waals surface area contributed by atoms with E-state index in [1.165, 1.54) is 77.0 Å². The number of hydrogen-bond acceptors (Lipinski definition) is 5. The van der Waals surface area contributed by atoms with Crippen molar-refractivity contribution in [2.45, 2.75) is 97.3 Å². The van der Waals surface area contributed by atoms with Crippen LogP contribution in [0.3, 0.4) is 0 Å². The van der Waals surface area contributed by atoms with Gasteiger partial charge in [0.1, 0.15) is 0 Å². The quantitative estimate of drug-likeness (QED) is 0.284. The highest BCUT2D eigenvalue weighted by Gasteiger charge is 2.01. The molecular formula is C17H36O5S-2. The standard InChI is InChI=1S/C17H36O.H2O4S/c1-3-4-11-14-17(2)15-12-9-7-5-6-8-10-13-16-18;1-5(2,3)4/h17-18H,3-16H2,1-2H3;(H2,1,2,3,4)/p-2. The van der Waals surface area contributed by atoms with Gasteiger partial charge in [-0.25, -0.2) is 0 Å². The van der Waals surface area contributed by atoms with Crippen LogP contribution in [0.5, 0.6) is 0 Å². The van der Waals surface area contributed by atoms with Crippen LogP contribution in [-0.2, 0) is 10.4 Å². The summed E-state index contributed by atoms with van der Waals surface area (Å²) in [5.41, 5.74) is 0. The second-order valence-electron chi connectivity index (χ2n) is 6.35. The van der Waals surface area contributed by atoms with Crippen LogP contribution in [0, 0.1) is 5.92 Å². The summed E-state index contributed by atoms with van der Waals surface area (Å²) in [6.07, 6.45) is 17.6. The Bertz CT molecular complexity index is 309. The summed E-state index contributed by atoms with van der Waals surface area (Å²) in [5, 5.41) is 8.67. The van der Waals surface area contributed by atoms with Crippen LogP contribution in [0.1, 0.15) is 97.3 Å². The Morgan fingerprint density at radius 1 is 0.783 bits per heavy atom. The van der Waals surface area contributed by atoms with E-state index in [0.717, 1.165) is 12.3 Å². The number of aliphatic hydroxyl groups excluding tert-OH is 1. The summed E-state index contributed by atoms with van der Waals surface area (Å²) in [5.74, 6) is 0.945. The minimum atomic E-state index is -5.17. The Labute approximate surface area is 143 Å². The van der Waals surface area contributed by atoms with Crippen molar-refractivity contribution in [1.29, 1.82) is 0 Å². The zero-order chi connectivity index (χ0) is 18.0. The average Bonchev–Trinajstić information content (AvgIpc) is 2.44. The molecule has 23 heavy (non-hydrogen) atoms. The van der Waals surface area contributed by atoms with Crippen molar-refractivity contribution in [3.63, 3.8) is 0 Å². The second-order valence-corrected chi connectivity index (χ2v) is 7.17. The summed E-state index contributed by atoms with van der Waals surface area (Å²) in [6, 6.07) is 0. The molecule has 1 unspecified atom stereocenters. The Kier molecular flexibility index (Phi) is 19.8. The van der Waals surface area contributed by atoms with E-state index < -0.39 is 10.4 Å². The highest BCUT2D eigenvalue weighted by Crippen LogP contribution is 2.17. The van der Waals surface area contributed by atoms with E-state index in [9.17, 15) is 0 Å². The third-order valence-corrected chi connectivity index (χ3v) is 3.91. The van der Waals surface area contributed by atoms with E-state index in [1.807, 2.05) is 0 Å². The molecule has 0 saturated heterocycles. The first-order valence-electron chi connectivity index (χ1n) is 9.08. The summed E-state index contributed by atoms with van der Waals surface area (Å²) in [4.78, 5) is 0. The fourth-order valence-corrected chi connectivity index (χ4v) is 2.55. The van der Waals surface area contributed by atoms with Gasteiger partial charge in [-0.15, -0.1) is 0 Å². The molecule has 0 spiro atoms. The van der Waals surface area contributed by atoms with Gasteiger partial charge in [0.05, 0.1) is 0 Å². The minimum absolute atomic E-state index is 0.371. The van der Waals surface area contributed by atoms with Gasteiger partial charge in [-0.05, 0) is 12.3 Å². The normalized spacial score (nSPS) is 12.6. The number of unbranched alkanes of at least 4 members (excludes halogenated alkanes) is 9. The first-order valence-corrected chi connectivity index (χ1v) is 10.4. The second kappa shape index (κ2) is 18.2. The lowest BCUT2D eigenvalue weighted by Gasteiger charge is -2.10. The molecule has 6 heteroatoms. The molecule has 0 aliphatic carbocycles. The van der Waals surface area contributed by atoms with Crippen molar-refractivity contribution in [1.82, 2.24) is 0 Å². The Morgan fingerprint density at radius 3 is 1.52 bits per heavy atom. The summed E-state index contributed by atoms with van der Waals surface area (Å²) < 4.78 is 34.1. The van der Waals surface area contributed by atoms with Gasteiger partial charge in [0, 0.05) is 17.0 Å². The molecule has 142 valence electrons. The molecule has 1 atom stereocenters. The van der Waals surface area contributed by atoms with Crippen LogP contribution in [0.25, 0.3) is 0 Å². The fourth-order valence-electron chi connectivity index (χ4n) is 2.55. The topological polar surface area (TPSA) is 100 Å². The van der Waals surface area contributed by atoms with E-state index in [0.29, 0.717) is 6.61 Å². The van der Waals surface area contributed by atoms with Crippen LogP contribution in [0.2, 0.25) is 0 Å². The van der Waals surface area contributed by atoms with Crippen LogP contribution >= 0.6 is 0 Å².